The summed E-state index contributed by atoms with van der Waals surface area (Å²) >= 11 is 3.51. The molecule has 3 atom stereocenters. The lowest BCUT2D eigenvalue weighted by molar-refractivity contribution is 0.0149. The fraction of sp³-hybridized carbons (Fsp3) is 1.00. The van der Waals surface area contributed by atoms with Crippen LogP contribution in [0.15, 0.2) is 0 Å². The van der Waals surface area contributed by atoms with Crippen LogP contribution < -0.4 is 0 Å². The third-order valence-corrected chi connectivity index (χ3v) is 5.34. The van der Waals surface area contributed by atoms with Crippen molar-refractivity contribution in [1.29, 1.82) is 0 Å². The van der Waals surface area contributed by atoms with Crippen LogP contribution in [-0.4, -0.2) is 28.8 Å². The van der Waals surface area contributed by atoms with Crippen LogP contribution in [-0.2, 0) is 0 Å². The number of aliphatic hydroxyl groups is 2. The van der Waals surface area contributed by atoms with E-state index in [4.69, 9.17) is 0 Å². The molecule has 0 amide bonds. The minimum atomic E-state index is -0.0378. The van der Waals surface area contributed by atoms with Crippen molar-refractivity contribution in [1.82, 2.24) is 0 Å². The van der Waals surface area contributed by atoms with E-state index >= 15 is 0 Å². The molecule has 78 valence electrons. The van der Waals surface area contributed by atoms with Gasteiger partial charge in [0.25, 0.3) is 0 Å². The lowest BCUT2D eigenvalue weighted by atomic mass is 9.66. The van der Waals surface area contributed by atoms with Gasteiger partial charge in [0, 0.05) is 18.5 Å². The first-order valence-electron chi connectivity index (χ1n) is 4.82. The molecular formula is C10H19BrO2. The van der Waals surface area contributed by atoms with Crippen LogP contribution in [0.5, 0.6) is 0 Å². The van der Waals surface area contributed by atoms with E-state index in [-0.39, 0.29) is 24.0 Å². The highest BCUT2D eigenvalue weighted by Crippen LogP contribution is 2.56. The molecule has 0 aromatic heterocycles. The lowest BCUT2D eigenvalue weighted by Gasteiger charge is -2.42. The van der Waals surface area contributed by atoms with Crippen molar-refractivity contribution in [2.75, 3.05) is 18.5 Å². The van der Waals surface area contributed by atoms with E-state index in [0.717, 1.165) is 18.2 Å². The molecule has 2 N–H and O–H groups in total. The highest BCUT2D eigenvalue weighted by molar-refractivity contribution is 9.09. The fourth-order valence-corrected chi connectivity index (χ4v) is 3.55. The maximum absolute atomic E-state index is 9.40. The van der Waals surface area contributed by atoms with Crippen molar-refractivity contribution in [3.05, 3.63) is 0 Å². The van der Waals surface area contributed by atoms with Gasteiger partial charge in [0.15, 0.2) is 0 Å². The minimum Gasteiger partial charge on any atom is -0.396 e. The zero-order valence-electron chi connectivity index (χ0n) is 8.39. The molecule has 0 aliphatic heterocycles. The Kier molecular flexibility index (Phi) is 3.42. The van der Waals surface area contributed by atoms with Crippen molar-refractivity contribution in [3.63, 3.8) is 0 Å². The molecule has 1 aliphatic carbocycles. The molecule has 1 rings (SSSR count). The quantitative estimate of drug-likeness (QED) is 0.751. The maximum Gasteiger partial charge on any atom is 0.0490 e. The number of aliphatic hydroxyl groups excluding tert-OH is 2. The molecule has 2 nitrogen and oxygen atoms in total. The molecule has 1 aliphatic rings. The van der Waals surface area contributed by atoms with Crippen molar-refractivity contribution in [3.8, 4) is 0 Å². The van der Waals surface area contributed by atoms with Crippen molar-refractivity contribution < 1.29 is 10.2 Å². The Morgan fingerprint density at radius 2 is 2.00 bits per heavy atom. The van der Waals surface area contributed by atoms with Crippen molar-refractivity contribution in [2.45, 2.75) is 26.7 Å². The average molecular weight is 251 g/mol. The van der Waals surface area contributed by atoms with E-state index in [2.05, 4.69) is 29.8 Å². The van der Waals surface area contributed by atoms with Crippen LogP contribution in [0.1, 0.15) is 26.7 Å². The predicted molar refractivity (Wildman–Crippen MR) is 56.9 cm³/mol. The lowest BCUT2D eigenvalue weighted by Crippen LogP contribution is -2.42. The molecule has 0 saturated heterocycles. The van der Waals surface area contributed by atoms with Gasteiger partial charge < -0.3 is 10.2 Å². The molecule has 0 heterocycles. The van der Waals surface area contributed by atoms with Gasteiger partial charge in [-0.05, 0) is 29.6 Å². The maximum atomic E-state index is 9.40. The summed E-state index contributed by atoms with van der Waals surface area (Å²) in [7, 11) is 0. The topological polar surface area (TPSA) is 40.5 Å². The van der Waals surface area contributed by atoms with E-state index in [1.54, 1.807) is 0 Å². The number of alkyl halides is 1. The summed E-state index contributed by atoms with van der Waals surface area (Å²) in [6.07, 6.45) is 2.03. The van der Waals surface area contributed by atoms with Gasteiger partial charge >= 0.3 is 0 Å². The van der Waals surface area contributed by atoms with Gasteiger partial charge in [-0.25, -0.2) is 0 Å². The largest absolute Gasteiger partial charge is 0.396 e. The minimum absolute atomic E-state index is 0.0243. The first-order valence-corrected chi connectivity index (χ1v) is 5.94. The Labute approximate surface area is 88.5 Å². The van der Waals surface area contributed by atoms with Gasteiger partial charge in [-0.3, -0.25) is 0 Å². The van der Waals surface area contributed by atoms with Crippen LogP contribution in [0.3, 0.4) is 0 Å². The first kappa shape index (κ1) is 11.5. The third kappa shape index (κ3) is 1.55. The smallest absolute Gasteiger partial charge is 0.0490 e. The van der Waals surface area contributed by atoms with Crippen LogP contribution >= 0.6 is 15.9 Å². The Bertz CT molecular complexity index is 186. The third-order valence-electron chi connectivity index (χ3n) is 4.17. The molecule has 0 spiro atoms. The Balaban J connectivity index is 2.91. The molecule has 0 aromatic rings. The summed E-state index contributed by atoms with van der Waals surface area (Å²) in [6.45, 7) is 4.72. The second-order valence-corrected chi connectivity index (χ2v) is 5.25. The number of hydrogen-bond donors (Lipinski definition) is 2. The molecule has 3 heteroatoms. The Morgan fingerprint density at radius 3 is 2.38 bits per heavy atom. The van der Waals surface area contributed by atoms with E-state index < -0.39 is 0 Å². The van der Waals surface area contributed by atoms with Gasteiger partial charge in [0.1, 0.15) is 0 Å². The number of hydrogen-bond acceptors (Lipinski definition) is 2. The van der Waals surface area contributed by atoms with E-state index in [1.165, 1.54) is 0 Å². The molecule has 0 bridgehead atoms. The van der Waals surface area contributed by atoms with Crippen molar-refractivity contribution in [2.24, 2.45) is 16.7 Å². The highest BCUT2D eigenvalue weighted by Gasteiger charge is 2.52. The van der Waals surface area contributed by atoms with E-state index in [9.17, 15) is 10.2 Å². The molecule has 1 fully saturated rings. The first-order chi connectivity index (χ1) is 6.04. The molecule has 0 aromatic carbocycles. The van der Waals surface area contributed by atoms with Crippen LogP contribution in [0.2, 0.25) is 0 Å². The standard InChI is InChI=1S/C10H19BrO2/c1-9(7-13)4-3-8(5-12)10(9,2)6-11/h8,12-13H,3-7H2,1-2H3/t8-,9-,10+/m1/s1. The molecule has 0 unspecified atom stereocenters. The summed E-state index contributed by atoms with van der Waals surface area (Å²) in [5.41, 5.74) is -0.0135. The number of halogens is 1. The highest BCUT2D eigenvalue weighted by atomic mass is 79.9. The van der Waals surface area contributed by atoms with Crippen LogP contribution in [0.4, 0.5) is 0 Å². The van der Waals surface area contributed by atoms with Crippen LogP contribution in [0, 0.1) is 16.7 Å². The SMILES string of the molecule is C[C@]1(CO)CC[C@H](CO)[C@]1(C)CBr. The van der Waals surface area contributed by atoms with Gasteiger partial charge in [-0.2, -0.15) is 0 Å². The summed E-state index contributed by atoms with van der Waals surface area (Å²) in [6, 6.07) is 0. The zero-order chi connectivity index (χ0) is 10.1. The second-order valence-electron chi connectivity index (χ2n) is 4.69. The Morgan fingerprint density at radius 1 is 1.38 bits per heavy atom. The van der Waals surface area contributed by atoms with Crippen molar-refractivity contribution >= 4 is 15.9 Å². The van der Waals surface area contributed by atoms with Crippen LogP contribution in [0.25, 0.3) is 0 Å². The molecule has 1 saturated carbocycles. The van der Waals surface area contributed by atoms with Gasteiger partial charge in [0.2, 0.25) is 0 Å². The van der Waals surface area contributed by atoms with Gasteiger partial charge in [0.05, 0.1) is 0 Å². The van der Waals surface area contributed by atoms with Gasteiger partial charge in [-0.15, -0.1) is 0 Å². The zero-order valence-corrected chi connectivity index (χ0v) is 9.97. The van der Waals surface area contributed by atoms with E-state index in [1.807, 2.05) is 0 Å². The molecule has 0 radical (unpaired) electrons. The second kappa shape index (κ2) is 3.87. The molecule has 13 heavy (non-hydrogen) atoms. The Hall–Kier alpha value is 0.400. The normalized spacial score (nSPS) is 45.5. The summed E-state index contributed by atoms with van der Waals surface area (Å²) in [5, 5.41) is 19.5. The number of rotatable bonds is 3. The average Bonchev–Trinajstić information content (AvgIpc) is 2.41. The monoisotopic (exact) mass is 250 g/mol. The van der Waals surface area contributed by atoms with Gasteiger partial charge in [-0.1, -0.05) is 29.8 Å². The summed E-state index contributed by atoms with van der Waals surface area (Å²) in [5.74, 6) is 0.323. The fourth-order valence-electron chi connectivity index (χ4n) is 2.41. The predicted octanol–water partition coefficient (Wildman–Crippen LogP) is 1.79. The molecular weight excluding hydrogens is 232 g/mol. The summed E-state index contributed by atoms with van der Waals surface area (Å²) < 4.78 is 0. The van der Waals surface area contributed by atoms with E-state index in [0.29, 0.717) is 5.92 Å². The summed E-state index contributed by atoms with van der Waals surface area (Å²) in [4.78, 5) is 0.